The highest BCUT2D eigenvalue weighted by atomic mass is 16.5. The Balaban J connectivity index is 1.43. The Bertz CT molecular complexity index is 990. The average Bonchev–Trinajstić information content (AvgIpc) is 3.06. The lowest BCUT2D eigenvalue weighted by Crippen LogP contribution is -2.49. The zero-order valence-corrected chi connectivity index (χ0v) is 15.6. The van der Waals surface area contributed by atoms with Gasteiger partial charge in [0.25, 0.3) is 0 Å². The van der Waals surface area contributed by atoms with E-state index in [1.165, 1.54) is 0 Å². The van der Waals surface area contributed by atoms with Gasteiger partial charge in [-0.1, -0.05) is 54.6 Å². The monoisotopic (exact) mass is 387 g/mol. The molecule has 2 aromatic carbocycles. The lowest BCUT2D eigenvalue weighted by atomic mass is 9.98. The summed E-state index contributed by atoms with van der Waals surface area (Å²) in [5.74, 6) is -1.48. The number of nitrogens with one attached hydrogen (secondary N) is 1. The first-order valence-electron chi connectivity index (χ1n) is 9.36. The quantitative estimate of drug-likeness (QED) is 0.701. The van der Waals surface area contributed by atoms with E-state index in [9.17, 15) is 14.7 Å². The molecule has 4 rings (SSSR count). The molecule has 6 heteroatoms. The molecule has 0 unspecified atom stereocenters. The molecule has 0 fully saturated rings. The Morgan fingerprint density at radius 2 is 1.59 bits per heavy atom. The molecular formula is C23H19N2O4-. The van der Waals surface area contributed by atoms with Crippen LogP contribution in [0.5, 0.6) is 0 Å². The zero-order chi connectivity index (χ0) is 20.2. The number of rotatable bonds is 6. The maximum absolute atomic E-state index is 12.3. The topological polar surface area (TPSA) is 91.4 Å². The van der Waals surface area contributed by atoms with Crippen molar-refractivity contribution in [3.05, 3.63) is 89.7 Å². The fraction of sp³-hybridized carbons (Fsp3) is 0.174. The molecule has 1 amide bonds. The molecule has 0 saturated carbocycles. The number of fused-ring (bicyclic) bond motifs is 3. The molecule has 0 bridgehead atoms. The number of hydrogen-bond acceptors (Lipinski definition) is 5. The van der Waals surface area contributed by atoms with Crippen molar-refractivity contribution in [2.24, 2.45) is 0 Å². The Morgan fingerprint density at radius 1 is 0.966 bits per heavy atom. The van der Waals surface area contributed by atoms with Crippen molar-refractivity contribution in [1.29, 1.82) is 0 Å². The van der Waals surface area contributed by atoms with Crippen LogP contribution in [0.25, 0.3) is 11.1 Å². The number of ether oxygens (including phenoxy) is 1. The van der Waals surface area contributed by atoms with E-state index in [0.29, 0.717) is 5.69 Å². The van der Waals surface area contributed by atoms with Crippen LogP contribution in [-0.2, 0) is 16.0 Å². The Labute approximate surface area is 168 Å². The number of alkyl carbamates (subject to hydrolysis) is 1. The van der Waals surface area contributed by atoms with Gasteiger partial charge < -0.3 is 20.0 Å². The summed E-state index contributed by atoms with van der Waals surface area (Å²) in [5.41, 5.74) is 4.97. The second-order valence-electron chi connectivity index (χ2n) is 6.87. The zero-order valence-electron chi connectivity index (χ0n) is 15.6. The molecular weight excluding hydrogens is 368 g/mol. The summed E-state index contributed by atoms with van der Waals surface area (Å²) in [7, 11) is 0. The van der Waals surface area contributed by atoms with E-state index in [1.54, 1.807) is 24.4 Å². The standard InChI is InChI=1S/C23H20N2O4/c26-22(27)21(13-15-7-5-6-12-24-15)25-23(28)29-14-20-18-10-3-1-8-16(18)17-9-2-4-11-19(17)20/h1-12,20-21H,13-14H2,(H,25,28)(H,26,27)/p-1/t21-/m1/s1. The lowest BCUT2D eigenvalue weighted by molar-refractivity contribution is -0.308. The number of nitrogens with zero attached hydrogens (tertiary/aromatic N) is 1. The molecule has 0 radical (unpaired) electrons. The average molecular weight is 387 g/mol. The molecule has 1 N–H and O–H groups in total. The van der Waals surface area contributed by atoms with E-state index in [2.05, 4.69) is 10.3 Å². The van der Waals surface area contributed by atoms with Crippen LogP contribution in [-0.4, -0.2) is 29.7 Å². The minimum atomic E-state index is -1.39. The number of carbonyl (C=O) groups is 2. The van der Waals surface area contributed by atoms with Crippen molar-refractivity contribution in [1.82, 2.24) is 10.3 Å². The van der Waals surface area contributed by atoms with E-state index >= 15 is 0 Å². The molecule has 0 spiro atoms. The molecule has 146 valence electrons. The van der Waals surface area contributed by atoms with Gasteiger partial charge in [-0.15, -0.1) is 0 Å². The van der Waals surface area contributed by atoms with Crippen LogP contribution in [0.15, 0.2) is 72.9 Å². The van der Waals surface area contributed by atoms with Gasteiger partial charge in [0.2, 0.25) is 0 Å². The number of carboxylic acid groups (broad SMARTS) is 1. The van der Waals surface area contributed by atoms with Gasteiger partial charge in [0.15, 0.2) is 0 Å². The van der Waals surface area contributed by atoms with E-state index < -0.39 is 18.1 Å². The smallest absolute Gasteiger partial charge is 0.407 e. The number of carbonyl (C=O) groups excluding carboxylic acids is 2. The van der Waals surface area contributed by atoms with Gasteiger partial charge in [0.1, 0.15) is 6.61 Å². The predicted molar refractivity (Wildman–Crippen MR) is 105 cm³/mol. The van der Waals surface area contributed by atoms with Gasteiger partial charge in [-0.05, 0) is 34.4 Å². The SMILES string of the molecule is O=C(N[C@H](Cc1ccccn1)C(=O)[O-])OCC1c2ccccc2-c2ccccc21. The van der Waals surface area contributed by atoms with Crippen LogP contribution in [0.4, 0.5) is 4.79 Å². The Kier molecular flexibility index (Phi) is 5.24. The highest BCUT2D eigenvalue weighted by molar-refractivity contribution is 5.80. The summed E-state index contributed by atoms with van der Waals surface area (Å²) in [4.78, 5) is 27.8. The molecule has 1 aliphatic rings. The van der Waals surface area contributed by atoms with E-state index in [0.717, 1.165) is 22.3 Å². The third-order valence-corrected chi connectivity index (χ3v) is 5.06. The van der Waals surface area contributed by atoms with Gasteiger partial charge in [-0.3, -0.25) is 4.98 Å². The third-order valence-electron chi connectivity index (χ3n) is 5.06. The lowest BCUT2D eigenvalue weighted by Gasteiger charge is -2.20. The first-order valence-corrected chi connectivity index (χ1v) is 9.36. The fourth-order valence-electron chi connectivity index (χ4n) is 3.70. The Hall–Kier alpha value is -3.67. The first kappa shape index (κ1) is 18.7. The summed E-state index contributed by atoms with van der Waals surface area (Å²) in [6, 6.07) is 20.0. The molecule has 3 aromatic rings. The van der Waals surface area contributed by atoms with Crippen LogP contribution in [0.3, 0.4) is 0 Å². The van der Waals surface area contributed by atoms with Crippen molar-refractivity contribution in [3.63, 3.8) is 0 Å². The molecule has 6 nitrogen and oxygen atoms in total. The van der Waals surface area contributed by atoms with Crippen LogP contribution < -0.4 is 10.4 Å². The fourth-order valence-corrected chi connectivity index (χ4v) is 3.70. The maximum Gasteiger partial charge on any atom is 0.407 e. The second kappa shape index (κ2) is 8.14. The van der Waals surface area contributed by atoms with Gasteiger partial charge in [-0.25, -0.2) is 4.79 Å². The number of hydrogen-bond donors (Lipinski definition) is 1. The first-order chi connectivity index (χ1) is 14.1. The molecule has 0 saturated heterocycles. The molecule has 1 aliphatic carbocycles. The summed E-state index contributed by atoms with van der Waals surface area (Å²) < 4.78 is 5.40. The van der Waals surface area contributed by atoms with E-state index in [-0.39, 0.29) is 18.9 Å². The van der Waals surface area contributed by atoms with Crippen molar-refractivity contribution in [2.45, 2.75) is 18.4 Å². The number of aromatic nitrogens is 1. The van der Waals surface area contributed by atoms with Crippen molar-refractivity contribution < 1.29 is 19.4 Å². The molecule has 0 aliphatic heterocycles. The number of pyridine rings is 1. The van der Waals surface area contributed by atoms with Gasteiger partial charge in [0, 0.05) is 24.2 Å². The summed E-state index contributed by atoms with van der Waals surface area (Å²) in [6.07, 6.45) is 0.791. The Morgan fingerprint density at radius 3 is 2.17 bits per heavy atom. The molecule has 1 heterocycles. The second-order valence-corrected chi connectivity index (χ2v) is 6.87. The summed E-state index contributed by atoms with van der Waals surface area (Å²) in [5, 5.41) is 13.8. The van der Waals surface area contributed by atoms with Gasteiger partial charge in [0.05, 0.1) is 12.0 Å². The van der Waals surface area contributed by atoms with Crippen molar-refractivity contribution in [2.75, 3.05) is 6.61 Å². The minimum absolute atomic E-state index is 0.0212. The molecule has 29 heavy (non-hydrogen) atoms. The molecule has 1 atom stereocenters. The van der Waals surface area contributed by atoms with Gasteiger partial charge in [-0.2, -0.15) is 0 Å². The number of aliphatic carboxylic acids is 1. The number of benzene rings is 2. The summed E-state index contributed by atoms with van der Waals surface area (Å²) in [6.45, 7) is 0.114. The normalized spacial score (nSPS) is 13.2. The van der Waals surface area contributed by atoms with Crippen LogP contribution in [0.1, 0.15) is 22.7 Å². The number of amides is 1. The van der Waals surface area contributed by atoms with Crippen LogP contribution in [0.2, 0.25) is 0 Å². The molecule has 1 aromatic heterocycles. The van der Waals surface area contributed by atoms with Crippen molar-refractivity contribution in [3.8, 4) is 11.1 Å². The highest BCUT2D eigenvalue weighted by Crippen LogP contribution is 2.44. The van der Waals surface area contributed by atoms with E-state index in [1.807, 2.05) is 48.5 Å². The number of carboxylic acids is 1. The minimum Gasteiger partial charge on any atom is -0.548 e. The third kappa shape index (κ3) is 3.96. The van der Waals surface area contributed by atoms with Gasteiger partial charge >= 0.3 is 6.09 Å². The van der Waals surface area contributed by atoms with E-state index in [4.69, 9.17) is 4.74 Å². The van der Waals surface area contributed by atoms with Crippen LogP contribution >= 0.6 is 0 Å². The largest absolute Gasteiger partial charge is 0.548 e. The maximum atomic E-state index is 12.3. The van der Waals surface area contributed by atoms with Crippen LogP contribution in [0, 0.1) is 0 Å². The highest BCUT2D eigenvalue weighted by Gasteiger charge is 2.29. The van der Waals surface area contributed by atoms with Crippen molar-refractivity contribution >= 4 is 12.1 Å². The summed E-state index contributed by atoms with van der Waals surface area (Å²) >= 11 is 0. The predicted octanol–water partition coefficient (Wildman–Crippen LogP) is 2.28.